The molecule has 0 heterocycles. The molecule has 4 atom stereocenters. The van der Waals surface area contributed by atoms with Gasteiger partial charge in [-0.25, -0.2) is 0 Å². The van der Waals surface area contributed by atoms with Crippen molar-refractivity contribution in [2.24, 2.45) is 23.7 Å². The van der Waals surface area contributed by atoms with Gasteiger partial charge in [-0.2, -0.15) is 0 Å². The first-order valence-electron chi connectivity index (χ1n) is 22.4. The lowest BCUT2D eigenvalue weighted by atomic mass is 9.63. The Labute approximate surface area is 357 Å². The fraction of sp³-hybridized carbons (Fsp3) is 0.254. The van der Waals surface area contributed by atoms with E-state index >= 15 is 0 Å². The van der Waals surface area contributed by atoms with Gasteiger partial charge in [0.2, 0.25) is 0 Å². The molecule has 0 N–H and O–H groups in total. The second-order valence-electron chi connectivity index (χ2n) is 18.9. The van der Waals surface area contributed by atoms with Crippen LogP contribution in [0.25, 0.3) is 43.8 Å². The summed E-state index contributed by atoms with van der Waals surface area (Å²) in [5.74, 6) is 3.60. The molecule has 0 radical (unpaired) electrons. The van der Waals surface area contributed by atoms with Crippen LogP contribution in [0.15, 0.2) is 176 Å². The van der Waals surface area contributed by atoms with E-state index < -0.39 is 0 Å². The van der Waals surface area contributed by atoms with E-state index in [4.69, 9.17) is 0 Å². The molecule has 2 fully saturated rings. The average Bonchev–Trinajstić information content (AvgIpc) is 3.26. The highest BCUT2D eigenvalue weighted by Crippen LogP contribution is 2.47. The van der Waals surface area contributed by atoms with Crippen LogP contribution in [0, 0.1) is 30.6 Å². The first kappa shape index (κ1) is 38.3. The molecule has 2 bridgehead atoms. The van der Waals surface area contributed by atoms with Gasteiger partial charge in [-0.3, -0.25) is 0 Å². The molecule has 1 nitrogen and oxygen atoms in total. The smallest absolute Gasteiger partial charge is 0.0540 e. The molecular formula is C59H57N. The van der Waals surface area contributed by atoms with Crippen LogP contribution in [-0.2, 0) is 11.8 Å². The molecule has 2 aliphatic carbocycles. The summed E-state index contributed by atoms with van der Waals surface area (Å²) in [5, 5.41) is 4.99. The quantitative estimate of drug-likeness (QED) is 0.141. The van der Waals surface area contributed by atoms with Crippen LogP contribution >= 0.6 is 0 Å². The Balaban J connectivity index is 0.982. The van der Waals surface area contributed by atoms with E-state index in [-0.39, 0.29) is 5.41 Å². The maximum Gasteiger partial charge on any atom is 0.0540 e. The minimum Gasteiger partial charge on any atom is -0.310 e. The lowest BCUT2D eigenvalue weighted by molar-refractivity contribution is 0.104. The molecule has 0 spiro atoms. The van der Waals surface area contributed by atoms with Gasteiger partial charge in [0, 0.05) is 22.2 Å². The third-order valence-corrected chi connectivity index (χ3v) is 14.2. The molecule has 2 aliphatic rings. The van der Waals surface area contributed by atoms with Crippen LogP contribution < -0.4 is 4.90 Å². The largest absolute Gasteiger partial charge is 0.310 e. The Bertz CT molecular complexity index is 2780. The van der Waals surface area contributed by atoms with Crippen molar-refractivity contribution in [3.05, 3.63) is 198 Å². The number of aryl methyl sites for hydroxylation is 1. The van der Waals surface area contributed by atoms with Crippen LogP contribution in [0.4, 0.5) is 17.1 Å². The zero-order chi connectivity index (χ0) is 40.8. The molecule has 298 valence electrons. The Morgan fingerprint density at radius 3 is 1.88 bits per heavy atom. The third kappa shape index (κ3) is 7.34. The molecule has 0 aliphatic heterocycles. The molecule has 10 rings (SSSR count). The first-order valence-corrected chi connectivity index (χ1v) is 22.4. The van der Waals surface area contributed by atoms with E-state index in [0.717, 1.165) is 35.0 Å². The summed E-state index contributed by atoms with van der Waals surface area (Å²) in [4.78, 5) is 2.43. The van der Waals surface area contributed by atoms with Gasteiger partial charge in [0.15, 0.2) is 0 Å². The number of fused-ring (bicyclic) bond motifs is 4. The Morgan fingerprint density at radius 1 is 0.500 bits per heavy atom. The zero-order valence-electron chi connectivity index (χ0n) is 35.7. The van der Waals surface area contributed by atoms with Crippen LogP contribution in [0.2, 0.25) is 0 Å². The predicted molar refractivity (Wildman–Crippen MR) is 257 cm³/mol. The summed E-state index contributed by atoms with van der Waals surface area (Å²) in [5.41, 5.74) is 14.1. The molecule has 1 unspecified atom stereocenters. The second kappa shape index (κ2) is 15.9. The molecule has 0 aromatic heterocycles. The SMILES string of the molecule is Cc1cc(-c2cccc(N(c3ccc(-c4cccc5ccccc45)cc3)c3cccc4ccccc34)c2)ccc1C(C)(C)c1ccccc1CC1C[C@@H]2C[C@H](C)C[C@H](C1)C2. The molecule has 8 aromatic rings. The van der Waals surface area contributed by atoms with Crippen molar-refractivity contribution in [2.45, 2.75) is 71.6 Å². The molecule has 8 aromatic carbocycles. The van der Waals surface area contributed by atoms with Gasteiger partial charge in [-0.05, 0) is 160 Å². The number of nitrogens with zero attached hydrogens (tertiary/aromatic N) is 1. The molecule has 60 heavy (non-hydrogen) atoms. The molecule has 1 heteroatoms. The van der Waals surface area contributed by atoms with Crippen molar-refractivity contribution < 1.29 is 0 Å². The number of hydrogen-bond donors (Lipinski definition) is 0. The van der Waals surface area contributed by atoms with Crippen molar-refractivity contribution >= 4 is 38.6 Å². The van der Waals surface area contributed by atoms with Gasteiger partial charge in [0.05, 0.1) is 5.69 Å². The fourth-order valence-corrected chi connectivity index (χ4v) is 11.7. The molecule has 2 saturated carbocycles. The standard InChI is InChI=1S/C59H57N/c1-40-32-42-35-43(33-40)37-44(36-42)38-50-16-7-10-24-57(50)59(3,4)56-31-28-49(34-41(56)2)48-19-11-20-52(39-48)60(58-25-13-18-46-15-6-9-22-55(46)58)51-29-26-47(27-30-51)54-23-12-17-45-14-5-8-21-53(45)54/h5-31,34,39-40,42-44H,32-33,35-38H2,1-4H3/t40-,42+,43-,44?. The minimum absolute atomic E-state index is 0.108. The average molecular weight is 780 g/mol. The highest BCUT2D eigenvalue weighted by Gasteiger charge is 2.36. The van der Waals surface area contributed by atoms with Crippen molar-refractivity contribution in [1.82, 2.24) is 0 Å². The maximum absolute atomic E-state index is 2.48. The van der Waals surface area contributed by atoms with Crippen LogP contribution in [0.5, 0.6) is 0 Å². The van der Waals surface area contributed by atoms with Gasteiger partial charge >= 0.3 is 0 Å². The van der Waals surface area contributed by atoms with Gasteiger partial charge in [-0.1, -0.05) is 166 Å². The molecule has 0 amide bonds. The van der Waals surface area contributed by atoms with Crippen molar-refractivity contribution in [3.8, 4) is 22.3 Å². The summed E-state index contributed by atoms with van der Waals surface area (Å²) in [7, 11) is 0. The van der Waals surface area contributed by atoms with E-state index in [9.17, 15) is 0 Å². The summed E-state index contributed by atoms with van der Waals surface area (Å²) in [6.45, 7) is 9.69. The van der Waals surface area contributed by atoms with Crippen molar-refractivity contribution in [2.75, 3.05) is 4.90 Å². The minimum atomic E-state index is -0.108. The fourth-order valence-electron chi connectivity index (χ4n) is 11.7. The van der Waals surface area contributed by atoms with E-state index in [1.165, 1.54) is 105 Å². The van der Waals surface area contributed by atoms with Crippen LogP contribution in [0.3, 0.4) is 0 Å². The van der Waals surface area contributed by atoms with E-state index in [0.29, 0.717) is 0 Å². The van der Waals surface area contributed by atoms with Gasteiger partial charge < -0.3 is 4.90 Å². The number of hydrogen-bond acceptors (Lipinski definition) is 1. The van der Waals surface area contributed by atoms with Gasteiger partial charge in [0.1, 0.15) is 0 Å². The number of rotatable bonds is 9. The van der Waals surface area contributed by atoms with Crippen LogP contribution in [-0.4, -0.2) is 0 Å². The maximum atomic E-state index is 2.48. The Morgan fingerprint density at radius 2 is 1.12 bits per heavy atom. The Kier molecular flexibility index (Phi) is 10.2. The molecular weight excluding hydrogens is 723 g/mol. The highest BCUT2D eigenvalue weighted by atomic mass is 15.1. The first-order chi connectivity index (χ1) is 29.3. The topological polar surface area (TPSA) is 3.24 Å². The zero-order valence-corrected chi connectivity index (χ0v) is 35.7. The van der Waals surface area contributed by atoms with Gasteiger partial charge in [0.25, 0.3) is 0 Å². The van der Waals surface area contributed by atoms with Crippen molar-refractivity contribution in [1.29, 1.82) is 0 Å². The Hall–Kier alpha value is -5.92. The normalized spacial score (nSPS) is 19.1. The predicted octanol–water partition coefficient (Wildman–Crippen LogP) is 16.4. The third-order valence-electron chi connectivity index (χ3n) is 14.2. The second-order valence-corrected chi connectivity index (χ2v) is 18.9. The number of benzene rings is 8. The van der Waals surface area contributed by atoms with E-state index in [1.807, 2.05) is 0 Å². The lowest BCUT2D eigenvalue weighted by Gasteiger charge is -2.42. The van der Waals surface area contributed by atoms with Gasteiger partial charge in [-0.15, -0.1) is 0 Å². The summed E-state index contributed by atoms with van der Waals surface area (Å²) in [6.07, 6.45) is 8.39. The van der Waals surface area contributed by atoms with E-state index in [2.05, 4.69) is 209 Å². The highest BCUT2D eigenvalue weighted by molar-refractivity contribution is 6.00. The van der Waals surface area contributed by atoms with Crippen LogP contribution in [0.1, 0.15) is 75.1 Å². The molecule has 0 saturated heterocycles. The van der Waals surface area contributed by atoms with E-state index in [1.54, 1.807) is 5.56 Å². The summed E-state index contributed by atoms with van der Waals surface area (Å²) < 4.78 is 0. The lowest BCUT2D eigenvalue weighted by Crippen LogP contribution is -2.31. The van der Waals surface area contributed by atoms with Crippen molar-refractivity contribution in [3.63, 3.8) is 0 Å². The monoisotopic (exact) mass is 779 g/mol. The summed E-state index contributed by atoms with van der Waals surface area (Å²) in [6, 6.07) is 65.4. The summed E-state index contributed by atoms with van der Waals surface area (Å²) >= 11 is 0. The number of anilines is 3.